The molecule has 2 aromatic carbocycles. The van der Waals surface area contributed by atoms with Gasteiger partial charge in [0.2, 0.25) is 5.91 Å². The van der Waals surface area contributed by atoms with E-state index < -0.39 is 21.5 Å². The zero-order valence-electron chi connectivity index (χ0n) is 16.2. The molecule has 1 aromatic heterocycles. The Bertz CT molecular complexity index is 1110. The number of fused-ring (bicyclic) bond motifs is 1. The third-order valence-electron chi connectivity index (χ3n) is 4.54. The molecule has 1 heterocycles. The number of benzene rings is 2. The van der Waals surface area contributed by atoms with Crippen molar-refractivity contribution in [3.8, 4) is 0 Å². The Morgan fingerprint density at radius 1 is 1.17 bits per heavy atom. The van der Waals surface area contributed by atoms with E-state index in [1.165, 1.54) is 6.07 Å². The summed E-state index contributed by atoms with van der Waals surface area (Å²) in [6, 6.07) is 11.6. The fraction of sp³-hybridized carbons (Fsp3) is 0.333. The standard InChI is InChI=1S/C21H24FN3O3S/c1-2-3-6-11-29(27,28)14-21(26)23-16-9-10-18-19(13-16)25-20(24-18)12-15-7-4-5-8-17(15)22/h4-5,7-10,13H,2-3,6,11-12,14H2,1H3,(H,23,26)(H,24,25). The number of imidazole rings is 1. The Morgan fingerprint density at radius 3 is 2.72 bits per heavy atom. The van der Waals surface area contributed by atoms with Crippen LogP contribution in [0.2, 0.25) is 0 Å². The maximum atomic E-state index is 13.8. The van der Waals surface area contributed by atoms with Gasteiger partial charge in [0.15, 0.2) is 9.84 Å². The number of unbranched alkanes of at least 4 members (excludes halogenated alkanes) is 2. The molecule has 0 aliphatic heterocycles. The lowest BCUT2D eigenvalue weighted by Gasteiger charge is -2.06. The molecule has 154 valence electrons. The molecule has 0 radical (unpaired) electrons. The molecule has 0 aliphatic rings. The number of sulfone groups is 1. The lowest BCUT2D eigenvalue weighted by Crippen LogP contribution is -2.24. The number of aromatic amines is 1. The first-order valence-corrected chi connectivity index (χ1v) is 11.4. The molecule has 0 saturated heterocycles. The van der Waals surface area contributed by atoms with Crippen molar-refractivity contribution in [3.05, 3.63) is 59.7 Å². The predicted octanol–water partition coefficient (Wildman–Crippen LogP) is 3.84. The molecule has 3 aromatic rings. The number of H-pyrrole nitrogens is 1. The predicted molar refractivity (Wildman–Crippen MR) is 112 cm³/mol. The number of rotatable bonds is 9. The van der Waals surface area contributed by atoms with Crippen molar-refractivity contribution in [3.63, 3.8) is 0 Å². The summed E-state index contributed by atoms with van der Waals surface area (Å²) >= 11 is 0. The van der Waals surface area contributed by atoms with Gasteiger partial charge in [-0.25, -0.2) is 17.8 Å². The van der Waals surface area contributed by atoms with E-state index in [9.17, 15) is 17.6 Å². The van der Waals surface area contributed by atoms with Crippen LogP contribution in [-0.4, -0.2) is 35.8 Å². The van der Waals surface area contributed by atoms with Crippen LogP contribution in [0.4, 0.5) is 10.1 Å². The highest BCUT2D eigenvalue weighted by Crippen LogP contribution is 2.19. The van der Waals surface area contributed by atoms with Crippen molar-refractivity contribution < 1.29 is 17.6 Å². The van der Waals surface area contributed by atoms with Gasteiger partial charge in [0, 0.05) is 12.1 Å². The van der Waals surface area contributed by atoms with Gasteiger partial charge in [-0.2, -0.15) is 0 Å². The highest BCUT2D eigenvalue weighted by Gasteiger charge is 2.17. The molecule has 29 heavy (non-hydrogen) atoms. The smallest absolute Gasteiger partial charge is 0.239 e. The summed E-state index contributed by atoms with van der Waals surface area (Å²) in [4.78, 5) is 19.7. The molecule has 0 atom stereocenters. The fourth-order valence-electron chi connectivity index (χ4n) is 3.09. The summed E-state index contributed by atoms with van der Waals surface area (Å²) in [6.07, 6.45) is 2.63. The fourth-order valence-corrected chi connectivity index (χ4v) is 4.35. The van der Waals surface area contributed by atoms with Gasteiger partial charge in [-0.05, 0) is 36.2 Å². The minimum Gasteiger partial charge on any atom is -0.342 e. The molecular formula is C21H24FN3O3S. The Morgan fingerprint density at radius 2 is 1.97 bits per heavy atom. The molecule has 8 heteroatoms. The van der Waals surface area contributed by atoms with Crippen molar-refractivity contribution in [2.45, 2.75) is 32.6 Å². The normalized spacial score (nSPS) is 11.7. The number of hydrogen-bond acceptors (Lipinski definition) is 4. The molecule has 3 rings (SSSR count). The second-order valence-corrected chi connectivity index (χ2v) is 9.21. The van der Waals surface area contributed by atoms with Gasteiger partial charge in [-0.1, -0.05) is 38.0 Å². The Hall–Kier alpha value is -2.74. The van der Waals surface area contributed by atoms with E-state index in [0.717, 1.165) is 12.8 Å². The summed E-state index contributed by atoms with van der Waals surface area (Å²) < 4.78 is 37.9. The van der Waals surface area contributed by atoms with Gasteiger partial charge < -0.3 is 10.3 Å². The Labute approximate surface area is 169 Å². The third kappa shape index (κ3) is 5.87. The van der Waals surface area contributed by atoms with Crippen LogP contribution in [0.15, 0.2) is 42.5 Å². The SMILES string of the molecule is CCCCCS(=O)(=O)CC(=O)Nc1ccc2nc(Cc3ccccc3F)[nH]c2c1. The van der Waals surface area contributed by atoms with Crippen LogP contribution in [0.25, 0.3) is 11.0 Å². The number of carbonyl (C=O) groups excluding carboxylic acids is 1. The number of hydrogen-bond donors (Lipinski definition) is 2. The third-order valence-corrected chi connectivity index (χ3v) is 6.15. The number of nitrogens with one attached hydrogen (secondary N) is 2. The van der Waals surface area contributed by atoms with Crippen LogP contribution in [0.5, 0.6) is 0 Å². The van der Waals surface area contributed by atoms with Gasteiger partial charge in [-0.3, -0.25) is 4.79 Å². The van der Waals surface area contributed by atoms with E-state index in [1.807, 2.05) is 6.92 Å². The molecule has 2 N–H and O–H groups in total. The zero-order valence-corrected chi connectivity index (χ0v) is 17.1. The first-order chi connectivity index (χ1) is 13.9. The van der Waals surface area contributed by atoms with E-state index in [-0.39, 0.29) is 11.6 Å². The van der Waals surface area contributed by atoms with Crippen LogP contribution in [0.3, 0.4) is 0 Å². The van der Waals surface area contributed by atoms with Crippen LogP contribution in [0, 0.1) is 5.82 Å². The van der Waals surface area contributed by atoms with E-state index >= 15 is 0 Å². The zero-order chi connectivity index (χ0) is 20.9. The molecule has 0 bridgehead atoms. The first-order valence-electron chi connectivity index (χ1n) is 9.58. The average molecular weight is 418 g/mol. The van der Waals surface area contributed by atoms with E-state index in [0.29, 0.717) is 41.0 Å². The Balaban J connectivity index is 1.66. The van der Waals surface area contributed by atoms with E-state index in [1.54, 1.807) is 36.4 Å². The lowest BCUT2D eigenvalue weighted by molar-refractivity contribution is -0.113. The minimum atomic E-state index is -3.42. The molecule has 6 nitrogen and oxygen atoms in total. The van der Waals surface area contributed by atoms with Gasteiger partial charge in [-0.15, -0.1) is 0 Å². The van der Waals surface area contributed by atoms with E-state index in [4.69, 9.17) is 0 Å². The second kappa shape index (κ2) is 9.17. The quantitative estimate of drug-likeness (QED) is 0.518. The Kier molecular flexibility index (Phi) is 6.64. The van der Waals surface area contributed by atoms with E-state index in [2.05, 4.69) is 15.3 Å². The lowest BCUT2D eigenvalue weighted by atomic mass is 10.1. The molecule has 0 spiro atoms. The number of anilines is 1. The highest BCUT2D eigenvalue weighted by molar-refractivity contribution is 7.92. The van der Waals surface area contributed by atoms with Gasteiger partial charge in [0.1, 0.15) is 17.4 Å². The van der Waals surface area contributed by atoms with Crippen molar-refractivity contribution >= 4 is 32.5 Å². The van der Waals surface area contributed by atoms with Crippen molar-refractivity contribution in [2.75, 3.05) is 16.8 Å². The van der Waals surface area contributed by atoms with Crippen LogP contribution in [0.1, 0.15) is 37.6 Å². The topological polar surface area (TPSA) is 91.9 Å². The highest BCUT2D eigenvalue weighted by atomic mass is 32.2. The van der Waals surface area contributed by atoms with Gasteiger partial charge in [0.05, 0.1) is 16.8 Å². The number of amides is 1. The van der Waals surface area contributed by atoms with Crippen molar-refractivity contribution in [1.82, 2.24) is 9.97 Å². The van der Waals surface area contributed by atoms with Crippen LogP contribution in [-0.2, 0) is 21.1 Å². The first kappa shape index (κ1) is 21.0. The molecule has 0 saturated carbocycles. The van der Waals surface area contributed by atoms with Gasteiger partial charge in [0.25, 0.3) is 0 Å². The van der Waals surface area contributed by atoms with Gasteiger partial charge >= 0.3 is 0 Å². The molecule has 1 amide bonds. The molecule has 0 aliphatic carbocycles. The van der Waals surface area contributed by atoms with Crippen molar-refractivity contribution in [1.29, 1.82) is 0 Å². The maximum Gasteiger partial charge on any atom is 0.239 e. The molecule has 0 unspecified atom stereocenters. The summed E-state index contributed by atoms with van der Waals surface area (Å²) in [5, 5.41) is 2.62. The second-order valence-electron chi connectivity index (χ2n) is 7.03. The van der Waals surface area contributed by atoms with Crippen LogP contribution >= 0.6 is 0 Å². The number of halogens is 1. The number of aromatic nitrogens is 2. The largest absolute Gasteiger partial charge is 0.342 e. The molecular weight excluding hydrogens is 393 g/mol. The number of carbonyl (C=O) groups is 1. The van der Waals surface area contributed by atoms with Crippen molar-refractivity contribution in [2.24, 2.45) is 0 Å². The summed E-state index contributed by atoms with van der Waals surface area (Å²) in [6.45, 7) is 1.99. The van der Waals surface area contributed by atoms with Crippen LogP contribution < -0.4 is 5.32 Å². The summed E-state index contributed by atoms with van der Waals surface area (Å²) in [7, 11) is -3.42. The monoisotopic (exact) mass is 417 g/mol. The number of nitrogens with zero attached hydrogens (tertiary/aromatic N) is 1. The average Bonchev–Trinajstić information content (AvgIpc) is 3.05. The molecule has 0 fully saturated rings. The maximum absolute atomic E-state index is 13.8. The summed E-state index contributed by atoms with van der Waals surface area (Å²) in [5.74, 6) is -0.760. The minimum absolute atomic E-state index is 0.0211. The summed E-state index contributed by atoms with van der Waals surface area (Å²) in [5.41, 5.74) is 2.38.